The van der Waals surface area contributed by atoms with E-state index < -0.39 is 6.55 Å². The molecule has 1 atom stereocenters. The molecule has 102 valence electrons. The Balaban J connectivity index is 1.98. The van der Waals surface area contributed by atoms with Gasteiger partial charge in [-0.3, -0.25) is 4.57 Å². The lowest BCUT2D eigenvalue weighted by atomic mass is 10.1. The van der Waals surface area contributed by atoms with Crippen LogP contribution in [0.2, 0.25) is 0 Å². The third-order valence-corrected chi connectivity index (χ3v) is 2.90. The molecule has 0 fully saturated rings. The van der Waals surface area contributed by atoms with Gasteiger partial charge in [-0.05, 0) is 24.6 Å². The van der Waals surface area contributed by atoms with Crippen molar-refractivity contribution in [1.29, 1.82) is 0 Å². The zero-order valence-electron chi connectivity index (χ0n) is 10.4. The number of hydrogen-bond donors (Lipinski definition) is 1. The molecular formula is C13H14F3N3. The van der Waals surface area contributed by atoms with Crippen molar-refractivity contribution in [3.8, 4) is 0 Å². The topological polar surface area (TPSA) is 29.9 Å². The number of benzene rings is 1. The van der Waals surface area contributed by atoms with E-state index in [1.807, 2.05) is 6.92 Å². The Hall–Kier alpha value is -1.82. The summed E-state index contributed by atoms with van der Waals surface area (Å²) in [4.78, 5) is 3.88. The lowest BCUT2D eigenvalue weighted by Crippen LogP contribution is -2.21. The number of alkyl halides is 2. The average Bonchev–Trinajstić information content (AvgIpc) is 2.85. The van der Waals surface area contributed by atoms with Crippen molar-refractivity contribution in [1.82, 2.24) is 14.9 Å². The second kappa shape index (κ2) is 5.88. The van der Waals surface area contributed by atoms with Gasteiger partial charge < -0.3 is 5.32 Å². The van der Waals surface area contributed by atoms with E-state index in [1.54, 1.807) is 12.1 Å². The molecule has 0 radical (unpaired) electrons. The molecule has 1 aromatic carbocycles. The van der Waals surface area contributed by atoms with Gasteiger partial charge in [0.05, 0.1) is 6.54 Å². The maximum Gasteiger partial charge on any atom is 0.319 e. The summed E-state index contributed by atoms with van der Waals surface area (Å²) in [5, 5.41) is 3.08. The molecular weight excluding hydrogens is 255 g/mol. The Morgan fingerprint density at radius 3 is 2.58 bits per heavy atom. The molecule has 0 saturated carbocycles. The second-order valence-electron chi connectivity index (χ2n) is 4.18. The van der Waals surface area contributed by atoms with Crippen LogP contribution in [0.25, 0.3) is 0 Å². The lowest BCUT2D eigenvalue weighted by molar-refractivity contribution is 0.0665. The molecule has 0 bridgehead atoms. The minimum absolute atomic E-state index is 0.0802. The van der Waals surface area contributed by atoms with Crippen LogP contribution in [-0.4, -0.2) is 9.55 Å². The monoisotopic (exact) mass is 269 g/mol. The van der Waals surface area contributed by atoms with Crippen molar-refractivity contribution in [3.63, 3.8) is 0 Å². The Labute approximate surface area is 109 Å². The Kier molecular flexibility index (Phi) is 4.21. The standard InChI is InChI=1S/C13H14F3N3/c1-9(10-2-4-11(14)5-3-10)18-8-12-17-6-7-19(12)13(15)16/h2-7,9,13,18H,8H2,1H3/t9-/m0/s1. The minimum Gasteiger partial charge on any atom is -0.303 e. The van der Waals surface area contributed by atoms with Crippen molar-refractivity contribution in [2.75, 3.05) is 0 Å². The molecule has 1 aromatic heterocycles. The molecule has 2 aromatic rings. The van der Waals surface area contributed by atoms with Gasteiger partial charge in [0.1, 0.15) is 11.6 Å². The van der Waals surface area contributed by atoms with Crippen LogP contribution in [0.1, 0.15) is 30.9 Å². The molecule has 6 heteroatoms. The minimum atomic E-state index is -2.60. The highest BCUT2D eigenvalue weighted by molar-refractivity contribution is 5.19. The van der Waals surface area contributed by atoms with Gasteiger partial charge in [-0.25, -0.2) is 9.37 Å². The van der Waals surface area contributed by atoms with E-state index in [-0.39, 0.29) is 24.2 Å². The van der Waals surface area contributed by atoms with Gasteiger partial charge in [-0.2, -0.15) is 8.78 Å². The molecule has 0 aliphatic heterocycles. The Morgan fingerprint density at radius 2 is 1.95 bits per heavy atom. The van der Waals surface area contributed by atoms with Crippen LogP contribution in [0.15, 0.2) is 36.7 Å². The zero-order valence-corrected chi connectivity index (χ0v) is 10.4. The molecule has 0 aliphatic carbocycles. The Morgan fingerprint density at radius 1 is 1.26 bits per heavy atom. The summed E-state index contributed by atoms with van der Waals surface area (Å²) in [7, 11) is 0. The van der Waals surface area contributed by atoms with Crippen LogP contribution in [0.5, 0.6) is 0 Å². The first-order chi connectivity index (χ1) is 9.08. The average molecular weight is 269 g/mol. The zero-order chi connectivity index (χ0) is 13.8. The fraction of sp³-hybridized carbons (Fsp3) is 0.308. The number of imidazole rings is 1. The molecule has 0 amide bonds. The van der Waals surface area contributed by atoms with Crippen LogP contribution in [0.3, 0.4) is 0 Å². The fourth-order valence-electron chi connectivity index (χ4n) is 1.77. The van der Waals surface area contributed by atoms with Gasteiger partial charge in [0.15, 0.2) is 0 Å². The van der Waals surface area contributed by atoms with Crippen molar-refractivity contribution >= 4 is 0 Å². The summed E-state index contributed by atoms with van der Waals surface area (Å²) in [6.45, 7) is -0.501. The van der Waals surface area contributed by atoms with Crippen LogP contribution >= 0.6 is 0 Å². The second-order valence-corrected chi connectivity index (χ2v) is 4.18. The van der Waals surface area contributed by atoms with Gasteiger partial charge >= 0.3 is 6.55 Å². The molecule has 0 saturated heterocycles. The highest BCUT2D eigenvalue weighted by Crippen LogP contribution is 2.15. The van der Waals surface area contributed by atoms with E-state index in [0.717, 1.165) is 10.1 Å². The molecule has 0 unspecified atom stereocenters. The van der Waals surface area contributed by atoms with E-state index >= 15 is 0 Å². The quantitative estimate of drug-likeness (QED) is 0.902. The highest BCUT2D eigenvalue weighted by atomic mass is 19.3. The van der Waals surface area contributed by atoms with E-state index in [1.165, 1.54) is 24.5 Å². The van der Waals surface area contributed by atoms with E-state index in [2.05, 4.69) is 10.3 Å². The predicted octanol–water partition coefficient (Wildman–Crippen LogP) is 3.27. The molecule has 1 N–H and O–H groups in total. The van der Waals surface area contributed by atoms with Gasteiger partial charge in [0.25, 0.3) is 0 Å². The number of halogens is 3. The molecule has 0 spiro atoms. The molecule has 0 aliphatic rings. The van der Waals surface area contributed by atoms with Gasteiger partial charge in [0.2, 0.25) is 0 Å². The number of nitrogens with zero attached hydrogens (tertiary/aromatic N) is 2. The van der Waals surface area contributed by atoms with Gasteiger partial charge in [-0.15, -0.1) is 0 Å². The van der Waals surface area contributed by atoms with E-state index in [0.29, 0.717) is 0 Å². The molecule has 1 heterocycles. The van der Waals surface area contributed by atoms with Gasteiger partial charge in [-0.1, -0.05) is 12.1 Å². The smallest absolute Gasteiger partial charge is 0.303 e. The van der Waals surface area contributed by atoms with Crippen LogP contribution in [0.4, 0.5) is 13.2 Å². The summed E-state index contributed by atoms with van der Waals surface area (Å²) >= 11 is 0. The summed E-state index contributed by atoms with van der Waals surface area (Å²) in [6.07, 6.45) is 2.58. The van der Waals surface area contributed by atoms with Crippen molar-refractivity contribution in [2.45, 2.75) is 26.1 Å². The maximum atomic E-state index is 12.8. The highest BCUT2D eigenvalue weighted by Gasteiger charge is 2.12. The summed E-state index contributed by atoms with van der Waals surface area (Å²) < 4.78 is 38.8. The first-order valence-electron chi connectivity index (χ1n) is 5.86. The predicted molar refractivity (Wildman–Crippen MR) is 65.1 cm³/mol. The number of hydrogen-bond acceptors (Lipinski definition) is 2. The van der Waals surface area contributed by atoms with Crippen molar-refractivity contribution < 1.29 is 13.2 Å². The first-order valence-corrected chi connectivity index (χ1v) is 5.86. The maximum absolute atomic E-state index is 12.8. The molecule has 2 rings (SSSR count). The normalized spacial score (nSPS) is 12.9. The third-order valence-electron chi connectivity index (χ3n) is 2.90. The SMILES string of the molecule is C[C@H](NCc1nccn1C(F)F)c1ccc(F)cc1. The van der Waals surface area contributed by atoms with E-state index in [4.69, 9.17) is 0 Å². The summed E-state index contributed by atoms with van der Waals surface area (Å²) in [5.41, 5.74) is 0.886. The van der Waals surface area contributed by atoms with Crippen molar-refractivity contribution in [3.05, 3.63) is 53.9 Å². The summed E-state index contributed by atoms with van der Waals surface area (Å²) in [6, 6.07) is 5.98. The van der Waals surface area contributed by atoms with Crippen LogP contribution < -0.4 is 5.32 Å². The third kappa shape index (κ3) is 3.35. The number of aromatic nitrogens is 2. The van der Waals surface area contributed by atoms with Gasteiger partial charge in [0, 0.05) is 18.4 Å². The summed E-state index contributed by atoms with van der Waals surface area (Å²) in [5.74, 6) is -0.0341. The molecule has 3 nitrogen and oxygen atoms in total. The fourth-order valence-corrected chi connectivity index (χ4v) is 1.77. The molecule has 19 heavy (non-hydrogen) atoms. The number of nitrogens with one attached hydrogen (secondary N) is 1. The first kappa shape index (κ1) is 13.6. The largest absolute Gasteiger partial charge is 0.319 e. The lowest BCUT2D eigenvalue weighted by Gasteiger charge is -2.14. The van der Waals surface area contributed by atoms with Crippen LogP contribution in [-0.2, 0) is 6.54 Å². The van der Waals surface area contributed by atoms with E-state index in [9.17, 15) is 13.2 Å². The van der Waals surface area contributed by atoms with Crippen LogP contribution in [0, 0.1) is 5.82 Å². The van der Waals surface area contributed by atoms with Crippen molar-refractivity contribution in [2.24, 2.45) is 0 Å². The number of rotatable bonds is 5. The Bertz CT molecular complexity index is 522.